The fourth-order valence-corrected chi connectivity index (χ4v) is 10.9. The van der Waals surface area contributed by atoms with E-state index in [1.165, 1.54) is 16.2 Å². The fraction of sp³-hybridized carbons (Fsp3) is 0.600. The first-order chi connectivity index (χ1) is 28.4. The maximum Gasteiger partial charge on any atom is 0.307 e. The summed E-state index contributed by atoms with van der Waals surface area (Å²) in [5.41, 5.74) is 1.05. The number of aromatic nitrogens is 2. The van der Waals surface area contributed by atoms with Crippen molar-refractivity contribution in [2.24, 2.45) is 17.3 Å². The van der Waals surface area contributed by atoms with E-state index >= 15 is 0 Å². The van der Waals surface area contributed by atoms with E-state index in [0.717, 1.165) is 40.9 Å². The van der Waals surface area contributed by atoms with Crippen molar-refractivity contribution in [2.45, 2.75) is 141 Å². The van der Waals surface area contributed by atoms with Gasteiger partial charge in [-0.15, -0.1) is 11.3 Å². The molecule has 0 radical (unpaired) electrons. The van der Waals surface area contributed by atoms with Crippen LogP contribution in [0.4, 0.5) is 0 Å². The molecular weight excluding hydrogens is 805 g/mol. The molecule has 1 saturated heterocycles. The van der Waals surface area contributed by atoms with E-state index in [0.29, 0.717) is 54.8 Å². The van der Waals surface area contributed by atoms with Crippen LogP contribution in [0.5, 0.6) is 11.5 Å². The lowest BCUT2D eigenvalue weighted by atomic mass is 9.90. The predicted molar refractivity (Wildman–Crippen MR) is 229 cm³/mol. The number of nitrogens with zero attached hydrogens (tertiary/aromatic N) is 3. The number of carbonyl (C=O) groups excluding carboxylic acids is 4. The number of ether oxygens (including phenoxy) is 3. The molecule has 2 amide bonds. The highest BCUT2D eigenvalue weighted by molar-refractivity contribution is 7.90. The van der Waals surface area contributed by atoms with E-state index in [2.05, 4.69) is 18.6 Å². The molecule has 2 aliphatic carbocycles. The Labute approximate surface area is 357 Å². The number of benzene rings is 1. The lowest BCUT2D eigenvalue weighted by Gasteiger charge is -2.29. The summed E-state index contributed by atoms with van der Waals surface area (Å²) in [6.07, 6.45) is 7.87. The molecule has 324 valence electrons. The molecule has 4 heterocycles. The van der Waals surface area contributed by atoms with Crippen LogP contribution in [0.1, 0.15) is 122 Å². The Morgan fingerprint density at radius 2 is 1.83 bits per heavy atom. The third-order valence-electron chi connectivity index (χ3n) is 12.2. The van der Waals surface area contributed by atoms with Gasteiger partial charge in [-0.2, -0.15) is 0 Å². The number of aryl methyl sites for hydroxylation is 1. The summed E-state index contributed by atoms with van der Waals surface area (Å²) in [6, 6.07) is 4.61. The van der Waals surface area contributed by atoms with Gasteiger partial charge < -0.3 is 19.1 Å². The number of hydrogen-bond acceptors (Lipinski definition) is 12. The van der Waals surface area contributed by atoms with Crippen LogP contribution >= 0.6 is 11.3 Å². The Bertz CT molecular complexity index is 2290. The van der Waals surface area contributed by atoms with Crippen molar-refractivity contribution in [1.29, 1.82) is 0 Å². The molecule has 1 N–H and O–H groups in total. The molecule has 0 bridgehead atoms. The molecule has 13 nitrogen and oxygen atoms in total. The average molecular weight is 863 g/mol. The van der Waals surface area contributed by atoms with E-state index in [-0.39, 0.29) is 49.3 Å². The summed E-state index contributed by atoms with van der Waals surface area (Å²) < 4.78 is 46.5. The van der Waals surface area contributed by atoms with Gasteiger partial charge in [0.2, 0.25) is 21.8 Å². The quantitative estimate of drug-likeness (QED) is 0.157. The third-order valence-corrected chi connectivity index (χ3v) is 14.9. The number of esters is 1. The lowest BCUT2D eigenvalue weighted by molar-refractivity contribution is -0.159. The highest BCUT2D eigenvalue weighted by Crippen LogP contribution is 2.57. The number of Topliss-reactive ketones (excluding diaryl/α,β-unsaturated/α-hetero) is 1. The molecule has 0 spiro atoms. The van der Waals surface area contributed by atoms with Gasteiger partial charge in [0.15, 0.2) is 5.78 Å². The zero-order chi connectivity index (χ0) is 43.1. The Morgan fingerprint density at radius 3 is 2.52 bits per heavy atom. The van der Waals surface area contributed by atoms with E-state index in [4.69, 9.17) is 24.2 Å². The van der Waals surface area contributed by atoms with Crippen LogP contribution in [-0.4, -0.2) is 83.5 Å². The normalized spacial score (nSPS) is 25.8. The van der Waals surface area contributed by atoms with E-state index in [9.17, 15) is 27.6 Å². The first kappa shape index (κ1) is 43.7. The number of carbonyl (C=O) groups is 4. The topological polar surface area (TPSA) is 171 Å². The Kier molecular flexibility index (Phi) is 12.5. The zero-order valence-corrected chi connectivity index (χ0v) is 37.4. The number of sulfonamides is 1. The molecule has 1 aromatic carbocycles. The Morgan fingerprint density at radius 1 is 1.07 bits per heavy atom. The van der Waals surface area contributed by atoms with Crippen molar-refractivity contribution < 1.29 is 41.8 Å². The first-order valence-electron chi connectivity index (χ1n) is 21.3. The van der Waals surface area contributed by atoms with Crippen LogP contribution in [0.2, 0.25) is 0 Å². The van der Waals surface area contributed by atoms with Crippen molar-refractivity contribution in [3.8, 4) is 22.2 Å². The molecular formula is C45H58N4O9S2. The van der Waals surface area contributed by atoms with Gasteiger partial charge in [-0.1, -0.05) is 38.8 Å². The monoisotopic (exact) mass is 862 g/mol. The Balaban J connectivity index is 1.25. The highest BCUT2D eigenvalue weighted by atomic mass is 32.2. The van der Waals surface area contributed by atoms with Gasteiger partial charge in [0.25, 0.3) is 0 Å². The van der Waals surface area contributed by atoms with Gasteiger partial charge in [0.1, 0.15) is 33.9 Å². The van der Waals surface area contributed by atoms with Crippen LogP contribution < -0.4 is 14.2 Å². The predicted octanol–water partition coefficient (Wildman–Crippen LogP) is 7.59. The number of amides is 2. The zero-order valence-electron chi connectivity index (χ0n) is 35.7. The average Bonchev–Trinajstić information content (AvgIpc) is 4.05. The number of thiazole rings is 1. The summed E-state index contributed by atoms with van der Waals surface area (Å²) in [6.45, 7) is 11.5. The number of fused-ring (bicyclic) bond motifs is 3. The van der Waals surface area contributed by atoms with Gasteiger partial charge in [0, 0.05) is 41.2 Å². The number of ketones is 1. The summed E-state index contributed by atoms with van der Waals surface area (Å²) in [5.74, 6) is -1.52. The second-order valence-corrected chi connectivity index (χ2v) is 21.2. The van der Waals surface area contributed by atoms with E-state index in [1.54, 1.807) is 27.9 Å². The summed E-state index contributed by atoms with van der Waals surface area (Å²) in [5, 5.41) is 2.87. The highest BCUT2D eigenvalue weighted by Gasteiger charge is 2.61. The molecule has 60 heavy (non-hydrogen) atoms. The molecule has 4 aliphatic rings. The van der Waals surface area contributed by atoms with Gasteiger partial charge in [-0.25, -0.2) is 18.4 Å². The molecule has 15 heteroatoms. The van der Waals surface area contributed by atoms with Gasteiger partial charge in [0.05, 0.1) is 48.0 Å². The largest absolute Gasteiger partial charge is 0.496 e. The van der Waals surface area contributed by atoms with Crippen molar-refractivity contribution in [3.63, 3.8) is 0 Å². The van der Waals surface area contributed by atoms with Crippen molar-refractivity contribution >= 4 is 55.8 Å². The number of hydrogen-bond donors (Lipinski definition) is 1. The molecule has 0 unspecified atom stereocenters. The van der Waals surface area contributed by atoms with Crippen molar-refractivity contribution in [3.05, 3.63) is 47.0 Å². The van der Waals surface area contributed by atoms with Crippen LogP contribution in [0.3, 0.4) is 0 Å². The van der Waals surface area contributed by atoms with E-state index in [1.807, 2.05) is 42.7 Å². The van der Waals surface area contributed by atoms with Crippen molar-refractivity contribution in [2.75, 3.05) is 13.7 Å². The number of pyridine rings is 1. The number of nitrogens with one attached hydrogen (secondary N) is 1. The second kappa shape index (κ2) is 17.2. The van der Waals surface area contributed by atoms with E-state index < -0.39 is 56.2 Å². The van der Waals surface area contributed by atoms with Gasteiger partial charge >= 0.3 is 5.97 Å². The third kappa shape index (κ3) is 9.56. The second-order valence-electron chi connectivity index (χ2n) is 18.3. The van der Waals surface area contributed by atoms with Gasteiger partial charge in [-0.3, -0.25) is 23.9 Å². The SMILES string of the molecule is COc1ccc2c(O[C@@H]3C[C@H]4C(=O)C[C@]5(C(=O)NS(=O)(=O)C6CC6)C[C@H]5/C=C\CCCCC[C@H](CC(=O)OC(C)(C)C)C(=O)N4C3)cc(-c3nc(C(C)C)cs3)nc2c1C. The van der Waals surface area contributed by atoms with Crippen LogP contribution in [0, 0.1) is 24.2 Å². The standard InChI is InChI=1S/C45H58N4O9S2/c1-26(2)34-25-59-41(47-34)33-21-38(32-17-18-37(56-7)27(3)40(32)46-33)57-30-20-35-36(50)23-45(43(53)48-60(54,55)31-15-16-31)22-29(45)14-12-10-8-9-11-13-28(42(52)49(35)24-30)19-39(51)58-44(4,5)6/h12,14,17-18,21,25-26,28-31,35H,8-11,13,15-16,19-20,22-24H2,1-7H3,(H,48,53)/b14-12-/t28-,29-,30-,35+,45-/m1/s1. The molecule has 5 atom stereocenters. The maximum absolute atomic E-state index is 14.8. The van der Waals surface area contributed by atoms with Crippen LogP contribution in [0.25, 0.3) is 21.6 Å². The minimum Gasteiger partial charge on any atom is -0.496 e. The minimum atomic E-state index is -3.86. The van der Waals surface area contributed by atoms with Crippen LogP contribution in [0.15, 0.2) is 35.7 Å². The number of methoxy groups -OCH3 is 1. The molecule has 7 rings (SSSR count). The molecule has 2 aliphatic heterocycles. The lowest BCUT2D eigenvalue weighted by Crippen LogP contribution is -2.46. The summed E-state index contributed by atoms with van der Waals surface area (Å²) in [7, 11) is -2.26. The number of allylic oxidation sites excluding steroid dienone is 2. The number of rotatable bonds is 10. The molecule has 3 fully saturated rings. The van der Waals surface area contributed by atoms with Crippen LogP contribution in [-0.2, 0) is 33.9 Å². The smallest absolute Gasteiger partial charge is 0.307 e. The summed E-state index contributed by atoms with van der Waals surface area (Å²) >= 11 is 1.49. The molecule has 2 saturated carbocycles. The molecule has 3 aromatic rings. The first-order valence-corrected chi connectivity index (χ1v) is 23.7. The maximum atomic E-state index is 14.8. The van der Waals surface area contributed by atoms with Crippen molar-refractivity contribution in [1.82, 2.24) is 19.6 Å². The minimum absolute atomic E-state index is 0.0572. The Hall–Kier alpha value is -4.37. The fourth-order valence-electron chi connectivity index (χ4n) is 8.56. The summed E-state index contributed by atoms with van der Waals surface area (Å²) in [4.78, 5) is 68.2. The van der Waals surface area contributed by atoms with Gasteiger partial charge in [-0.05, 0) is 90.2 Å². The molecule has 2 aromatic heterocycles.